The van der Waals surface area contributed by atoms with Crippen LogP contribution in [-0.2, 0) is 29.9 Å². The fraction of sp³-hybridized carbons (Fsp3) is 0.833. The number of esters is 1. The summed E-state index contributed by atoms with van der Waals surface area (Å²) >= 11 is -2.76. The monoisotopic (exact) mass is 291 g/mol. The minimum Gasteiger partial charge on any atom is -0.750 e. The first kappa shape index (κ1) is 16.3. The molecule has 1 rings (SSSR count). The fourth-order valence-electron chi connectivity index (χ4n) is 1.93. The number of ether oxygens (including phenoxy) is 1. The standard InChI is InChI=1S/C12H20O6S/c1-9(13)12(2,8-17-19(15)16)11(14)18-10-6-4-3-5-7-10/h10H,3-8H2,1-2H3,(H,15,16)/p-1. The fourth-order valence-corrected chi connectivity index (χ4v) is 2.27. The van der Waals surface area contributed by atoms with Crippen LogP contribution < -0.4 is 0 Å². The molecule has 2 unspecified atom stereocenters. The molecule has 0 aliphatic heterocycles. The lowest BCUT2D eigenvalue weighted by molar-refractivity contribution is -0.166. The van der Waals surface area contributed by atoms with Crippen molar-refractivity contribution in [1.29, 1.82) is 0 Å². The Morgan fingerprint density at radius 3 is 2.37 bits per heavy atom. The second kappa shape index (κ2) is 7.12. The van der Waals surface area contributed by atoms with Crippen LogP contribution >= 0.6 is 0 Å². The van der Waals surface area contributed by atoms with Crippen molar-refractivity contribution >= 4 is 23.1 Å². The highest BCUT2D eigenvalue weighted by Gasteiger charge is 2.42. The molecule has 0 aromatic carbocycles. The van der Waals surface area contributed by atoms with Gasteiger partial charge in [0, 0.05) is 0 Å². The zero-order valence-corrected chi connectivity index (χ0v) is 12.0. The lowest BCUT2D eigenvalue weighted by Crippen LogP contribution is -2.42. The van der Waals surface area contributed by atoms with E-state index in [2.05, 4.69) is 4.18 Å². The van der Waals surface area contributed by atoms with Crippen LogP contribution in [0.4, 0.5) is 0 Å². The van der Waals surface area contributed by atoms with E-state index < -0.39 is 35.1 Å². The van der Waals surface area contributed by atoms with Crippen molar-refractivity contribution in [3.8, 4) is 0 Å². The van der Waals surface area contributed by atoms with Gasteiger partial charge in [-0.15, -0.1) is 0 Å². The molecule has 0 radical (unpaired) electrons. The van der Waals surface area contributed by atoms with Crippen molar-refractivity contribution in [1.82, 2.24) is 0 Å². The minimum atomic E-state index is -2.76. The summed E-state index contributed by atoms with van der Waals surface area (Å²) in [7, 11) is 0. The van der Waals surface area contributed by atoms with Gasteiger partial charge in [0.25, 0.3) is 0 Å². The summed E-state index contributed by atoms with van der Waals surface area (Å²) in [6.07, 6.45) is 4.50. The molecule has 0 amide bonds. The molecule has 1 aliphatic carbocycles. The number of rotatable bonds is 6. The second-order valence-corrected chi connectivity index (χ2v) is 5.66. The van der Waals surface area contributed by atoms with Crippen molar-refractivity contribution in [2.75, 3.05) is 6.61 Å². The van der Waals surface area contributed by atoms with Gasteiger partial charge in [0.15, 0.2) is 0 Å². The SMILES string of the molecule is CC(=O)C(C)(COS(=O)[O-])C(=O)OC1CCCCC1. The lowest BCUT2D eigenvalue weighted by atomic mass is 9.87. The maximum absolute atomic E-state index is 12.1. The third-order valence-electron chi connectivity index (χ3n) is 3.50. The van der Waals surface area contributed by atoms with E-state index >= 15 is 0 Å². The Morgan fingerprint density at radius 1 is 1.32 bits per heavy atom. The van der Waals surface area contributed by atoms with E-state index in [4.69, 9.17) is 4.74 Å². The summed E-state index contributed by atoms with van der Waals surface area (Å²) in [4.78, 5) is 23.6. The van der Waals surface area contributed by atoms with Crippen molar-refractivity contribution in [3.63, 3.8) is 0 Å². The van der Waals surface area contributed by atoms with Gasteiger partial charge in [-0.1, -0.05) is 6.42 Å². The van der Waals surface area contributed by atoms with Crippen molar-refractivity contribution < 1.29 is 27.3 Å². The van der Waals surface area contributed by atoms with Gasteiger partial charge in [0.05, 0.1) is 18.0 Å². The molecule has 1 aliphatic rings. The van der Waals surface area contributed by atoms with Crippen LogP contribution in [0.3, 0.4) is 0 Å². The summed E-state index contributed by atoms with van der Waals surface area (Å²) in [6.45, 7) is 2.04. The van der Waals surface area contributed by atoms with Gasteiger partial charge in [0.2, 0.25) is 0 Å². The molecule has 0 aromatic heterocycles. The van der Waals surface area contributed by atoms with E-state index in [1.807, 2.05) is 0 Å². The van der Waals surface area contributed by atoms with Gasteiger partial charge in [0.1, 0.15) is 17.3 Å². The van der Waals surface area contributed by atoms with E-state index in [0.717, 1.165) is 32.1 Å². The van der Waals surface area contributed by atoms with Gasteiger partial charge >= 0.3 is 5.97 Å². The summed E-state index contributed by atoms with van der Waals surface area (Å²) in [5.74, 6) is -1.18. The molecule has 7 heteroatoms. The summed E-state index contributed by atoms with van der Waals surface area (Å²) in [6, 6.07) is 0. The number of carbonyl (C=O) groups excluding carboxylic acids is 2. The molecular weight excluding hydrogens is 272 g/mol. The van der Waals surface area contributed by atoms with E-state index in [1.165, 1.54) is 13.8 Å². The van der Waals surface area contributed by atoms with Gasteiger partial charge in [-0.25, -0.2) is 4.21 Å². The van der Waals surface area contributed by atoms with Crippen LogP contribution in [0.25, 0.3) is 0 Å². The molecule has 0 saturated heterocycles. The molecule has 0 bridgehead atoms. The molecular formula is C12H19O6S-. The average molecular weight is 291 g/mol. The molecule has 1 saturated carbocycles. The summed E-state index contributed by atoms with van der Waals surface area (Å²) in [5, 5.41) is 0. The smallest absolute Gasteiger partial charge is 0.322 e. The molecule has 2 atom stereocenters. The highest BCUT2D eigenvalue weighted by molar-refractivity contribution is 7.74. The normalized spacial score (nSPS) is 21.4. The number of carbonyl (C=O) groups is 2. The molecule has 6 nitrogen and oxygen atoms in total. The first-order valence-corrected chi connectivity index (χ1v) is 7.31. The van der Waals surface area contributed by atoms with Crippen LogP contribution in [0, 0.1) is 5.41 Å². The molecule has 0 aromatic rings. The first-order chi connectivity index (χ1) is 8.86. The second-order valence-electron chi connectivity index (χ2n) is 5.02. The molecule has 0 N–H and O–H groups in total. The number of hydrogen-bond acceptors (Lipinski definition) is 6. The van der Waals surface area contributed by atoms with Gasteiger partial charge in [-0.2, -0.15) is 0 Å². The Balaban J connectivity index is 2.65. The van der Waals surface area contributed by atoms with Crippen molar-refractivity contribution in [2.24, 2.45) is 5.41 Å². The quantitative estimate of drug-likeness (QED) is 0.415. The Bertz CT molecular complexity index is 363. The average Bonchev–Trinajstić information content (AvgIpc) is 2.36. The van der Waals surface area contributed by atoms with E-state index in [0.29, 0.717) is 0 Å². The highest BCUT2D eigenvalue weighted by atomic mass is 32.2. The zero-order valence-electron chi connectivity index (χ0n) is 11.2. The van der Waals surface area contributed by atoms with Gasteiger partial charge in [-0.05, 0) is 39.5 Å². The predicted molar refractivity (Wildman–Crippen MR) is 66.6 cm³/mol. The molecule has 0 heterocycles. The highest BCUT2D eigenvalue weighted by Crippen LogP contribution is 2.26. The van der Waals surface area contributed by atoms with E-state index in [9.17, 15) is 18.4 Å². The Morgan fingerprint density at radius 2 is 1.89 bits per heavy atom. The predicted octanol–water partition coefficient (Wildman–Crippen LogP) is 1.27. The lowest BCUT2D eigenvalue weighted by Gasteiger charge is -2.29. The Kier molecular flexibility index (Phi) is 6.09. The topological polar surface area (TPSA) is 92.7 Å². The molecule has 1 fully saturated rings. The maximum Gasteiger partial charge on any atom is 0.322 e. The number of Topliss-reactive ketones (excluding diaryl/α,β-unsaturated/α-hetero) is 1. The van der Waals surface area contributed by atoms with Crippen molar-refractivity contribution in [2.45, 2.75) is 52.1 Å². The largest absolute Gasteiger partial charge is 0.750 e. The minimum absolute atomic E-state index is 0.183. The zero-order chi connectivity index (χ0) is 14.5. The summed E-state index contributed by atoms with van der Waals surface area (Å²) in [5.41, 5.74) is -1.57. The van der Waals surface area contributed by atoms with Gasteiger partial charge in [-0.3, -0.25) is 13.8 Å². The molecule has 19 heavy (non-hydrogen) atoms. The molecule has 110 valence electrons. The summed E-state index contributed by atoms with van der Waals surface area (Å²) < 4.78 is 30.5. The first-order valence-electron chi connectivity index (χ1n) is 6.31. The van der Waals surface area contributed by atoms with E-state index in [-0.39, 0.29) is 6.10 Å². The van der Waals surface area contributed by atoms with Crippen LogP contribution in [-0.4, -0.2) is 33.2 Å². The van der Waals surface area contributed by atoms with Crippen LogP contribution in [0.5, 0.6) is 0 Å². The van der Waals surface area contributed by atoms with Crippen molar-refractivity contribution in [3.05, 3.63) is 0 Å². The Labute approximate surface area is 115 Å². The van der Waals surface area contributed by atoms with Crippen LogP contribution in [0.1, 0.15) is 46.0 Å². The molecule has 0 spiro atoms. The van der Waals surface area contributed by atoms with Crippen LogP contribution in [0.15, 0.2) is 0 Å². The van der Waals surface area contributed by atoms with E-state index in [1.54, 1.807) is 0 Å². The number of ketones is 1. The Hall–Kier alpha value is -0.790. The number of hydrogen-bond donors (Lipinski definition) is 0. The third kappa shape index (κ3) is 4.67. The van der Waals surface area contributed by atoms with Crippen LogP contribution in [0.2, 0.25) is 0 Å². The van der Waals surface area contributed by atoms with Gasteiger partial charge < -0.3 is 9.29 Å². The third-order valence-corrected chi connectivity index (χ3v) is 3.81. The maximum atomic E-state index is 12.1.